The number of rotatable bonds is 14. The van der Waals surface area contributed by atoms with Gasteiger partial charge in [-0.25, -0.2) is 0 Å². The molecule has 0 rings (SSSR count). The van der Waals surface area contributed by atoms with Crippen molar-refractivity contribution < 1.29 is 0 Å². The van der Waals surface area contributed by atoms with E-state index in [9.17, 15) is 0 Å². The molecule has 0 heterocycles. The molecule has 0 saturated heterocycles. The second-order valence-corrected chi connectivity index (χ2v) is 5.60. The standard InChI is InChI=1S/C17H36.Li.H/c1-3-5-7-9-11-13-15-17-16-14-12-10-8-6-4-2;;/h3-17H2,1-2H3;;. The molecular formula is C17H37Li. The summed E-state index contributed by atoms with van der Waals surface area (Å²) in [7, 11) is 0. The summed E-state index contributed by atoms with van der Waals surface area (Å²) < 4.78 is 0. The second kappa shape index (κ2) is 19.9. The molecular weight excluding hydrogens is 211 g/mol. The van der Waals surface area contributed by atoms with Crippen LogP contribution in [-0.2, 0) is 0 Å². The fourth-order valence-corrected chi connectivity index (χ4v) is 2.44. The molecule has 0 aliphatic heterocycles. The molecule has 0 aromatic rings. The van der Waals surface area contributed by atoms with E-state index in [1.54, 1.807) is 0 Å². The van der Waals surface area contributed by atoms with Crippen LogP contribution in [0.1, 0.15) is 110 Å². The van der Waals surface area contributed by atoms with Gasteiger partial charge in [0, 0.05) is 0 Å². The molecule has 0 spiro atoms. The zero-order chi connectivity index (χ0) is 12.6. The topological polar surface area (TPSA) is 0 Å². The van der Waals surface area contributed by atoms with E-state index in [4.69, 9.17) is 0 Å². The van der Waals surface area contributed by atoms with Gasteiger partial charge in [0.1, 0.15) is 0 Å². The van der Waals surface area contributed by atoms with Gasteiger partial charge in [-0.1, -0.05) is 110 Å². The van der Waals surface area contributed by atoms with Crippen LogP contribution >= 0.6 is 0 Å². The molecule has 106 valence electrons. The Kier molecular flexibility index (Phi) is 23.1. The molecule has 0 unspecified atom stereocenters. The van der Waals surface area contributed by atoms with Crippen molar-refractivity contribution in [3.8, 4) is 0 Å². The molecule has 18 heavy (non-hydrogen) atoms. The quantitative estimate of drug-likeness (QED) is 0.252. The Balaban J connectivity index is 0. The third-order valence-corrected chi connectivity index (χ3v) is 3.71. The Bertz CT molecular complexity index is 109. The maximum atomic E-state index is 2.29. The zero-order valence-corrected chi connectivity index (χ0v) is 12.6. The Morgan fingerprint density at radius 1 is 0.333 bits per heavy atom. The SMILES string of the molecule is CCCCCCCCCCCCCCCCC.[LiH]. The van der Waals surface area contributed by atoms with Crippen molar-refractivity contribution in [3.05, 3.63) is 0 Å². The predicted molar refractivity (Wildman–Crippen MR) is 87.8 cm³/mol. The summed E-state index contributed by atoms with van der Waals surface area (Å²) in [6, 6.07) is 0. The molecule has 0 aliphatic rings. The summed E-state index contributed by atoms with van der Waals surface area (Å²) in [5.41, 5.74) is 0. The van der Waals surface area contributed by atoms with Crippen molar-refractivity contribution >= 4 is 18.9 Å². The fraction of sp³-hybridized carbons (Fsp3) is 1.00. The Morgan fingerprint density at radius 3 is 0.667 bits per heavy atom. The van der Waals surface area contributed by atoms with Crippen LogP contribution in [0.4, 0.5) is 0 Å². The summed E-state index contributed by atoms with van der Waals surface area (Å²) in [5, 5.41) is 0. The van der Waals surface area contributed by atoms with Crippen LogP contribution in [0.25, 0.3) is 0 Å². The molecule has 0 saturated carbocycles. The zero-order valence-electron chi connectivity index (χ0n) is 12.6. The summed E-state index contributed by atoms with van der Waals surface area (Å²) in [5.74, 6) is 0. The molecule has 1 heteroatoms. The van der Waals surface area contributed by atoms with Gasteiger partial charge in [0.15, 0.2) is 0 Å². The van der Waals surface area contributed by atoms with Crippen LogP contribution < -0.4 is 0 Å². The van der Waals surface area contributed by atoms with Crippen LogP contribution in [0, 0.1) is 0 Å². The Morgan fingerprint density at radius 2 is 0.500 bits per heavy atom. The first kappa shape index (κ1) is 20.9. The molecule has 0 radical (unpaired) electrons. The van der Waals surface area contributed by atoms with Gasteiger partial charge in [0.05, 0.1) is 0 Å². The monoisotopic (exact) mass is 248 g/mol. The first-order chi connectivity index (χ1) is 8.41. The number of hydrogen-bond acceptors (Lipinski definition) is 0. The third kappa shape index (κ3) is 18.9. The molecule has 0 N–H and O–H groups in total. The normalized spacial score (nSPS) is 10.3. The molecule has 0 nitrogen and oxygen atoms in total. The maximum absolute atomic E-state index is 2.29. The van der Waals surface area contributed by atoms with Gasteiger partial charge in [0.25, 0.3) is 0 Å². The molecule has 0 fully saturated rings. The number of hydrogen-bond donors (Lipinski definition) is 0. The second-order valence-electron chi connectivity index (χ2n) is 5.60. The van der Waals surface area contributed by atoms with Gasteiger partial charge in [-0.05, 0) is 0 Å². The van der Waals surface area contributed by atoms with Crippen molar-refractivity contribution in [3.63, 3.8) is 0 Å². The van der Waals surface area contributed by atoms with E-state index in [2.05, 4.69) is 13.8 Å². The Labute approximate surface area is 129 Å². The first-order valence-electron chi connectivity index (χ1n) is 8.41. The Hall–Kier alpha value is 0.597. The van der Waals surface area contributed by atoms with E-state index in [1.807, 2.05) is 0 Å². The van der Waals surface area contributed by atoms with Crippen molar-refractivity contribution in [1.82, 2.24) is 0 Å². The summed E-state index contributed by atoms with van der Waals surface area (Å²) in [6.07, 6.45) is 21.9. The average Bonchev–Trinajstić information content (AvgIpc) is 2.35. The first-order valence-corrected chi connectivity index (χ1v) is 8.41. The fourth-order valence-electron chi connectivity index (χ4n) is 2.44. The third-order valence-electron chi connectivity index (χ3n) is 3.71. The van der Waals surface area contributed by atoms with Crippen LogP contribution in [0.15, 0.2) is 0 Å². The number of unbranched alkanes of at least 4 members (excludes halogenated alkanes) is 14. The molecule has 0 aromatic carbocycles. The van der Waals surface area contributed by atoms with E-state index in [-0.39, 0.29) is 18.9 Å². The molecule has 0 bridgehead atoms. The van der Waals surface area contributed by atoms with Gasteiger partial charge >= 0.3 is 18.9 Å². The molecule has 0 aliphatic carbocycles. The molecule has 0 amide bonds. The summed E-state index contributed by atoms with van der Waals surface area (Å²) >= 11 is 0. The predicted octanol–water partition coefficient (Wildman–Crippen LogP) is 6.23. The van der Waals surface area contributed by atoms with Crippen LogP contribution in [0.5, 0.6) is 0 Å². The van der Waals surface area contributed by atoms with E-state index in [0.29, 0.717) is 0 Å². The van der Waals surface area contributed by atoms with E-state index in [1.165, 1.54) is 96.3 Å². The molecule has 0 atom stereocenters. The minimum atomic E-state index is 0. The summed E-state index contributed by atoms with van der Waals surface area (Å²) in [6.45, 7) is 4.58. The van der Waals surface area contributed by atoms with E-state index in [0.717, 1.165) is 0 Å². The van der Waals surface area contributed by atoms with Gasteiger partial charge in [-0.15, -0.1) is 0 Å². The van der Waals surface area contributed by atoms with Crippen LogP contribution in [0.2, 0.25) is 0 Å². The van der Waals surface area contributed by atoms with Crippen molar-refractivity contribution in [2.75, 3.05) is 0 Å². The minimum absolute atomic E-state index is 0. The van der Waals surface area contributed by atoms with Crippen molar-refractivity contribution in [2.45, 2.75) is 110 Å². The van der Waals surface area contributed by atoms with Crippen molar-refractivity contribution in [2.24, 2.45) is 0 Å². The van der Waals surface area contributed by atoms with Crippen LogP contribution in [0.3, 0.4) is 0 Å². The summed E-state index contributed by atoms with van der Waals surface area (Å²) in [4.78, 5) is 0. The van der Waals surface area contributed by atoms with E-state index < -0.39 is 0 Å². The van der Waals surface area contributed by atoms with Crippen molar-refractivity contribution in [1.29, 1.82) is 0 Å². The van der Waals surface area contributed by atoms with Gasteiger partial charge in [-0.2, -0.15) is 0 Å². The van der Waals surface area contributed by atoms with Gasteiger partial charge in [-0.3, -0.25) is 0 Å². The molecule has 0 aromatic heterocycles. The average molecular weight is 248 g/mol. The van der Waals surface area contributed by atoms with Crippen LogP contribution in [-0.4, -0.2) is 18.9 Å². The van der Waals surface area contributed by atoms with E-state index >= 15 is 0 Å². The van der Waals surface area contributed by atoms with Gasteiger partial charge in [0.2, 0.25) is 0 Å². The van der Waals surface area contributed by atoms with Gasteiger partial charge < -0.3 is 0 Å².